The fourth-order valence-electron chi connectivity index (χ4n) is 5.18. The molecule has 0 unspecified atom stereocenters. The molecule has 44 heavy (non-hydrogen) atoms. The van der Waals surface area contributed by atoms with Crippen LogP contribution in [0, 0.1) is 0 Å². The van der Waals surface area contributed by atoms with Gasteiger partial charge in [-0.1, -0.05) is 6.07 Å². The van der Waals surface area contributed by atoms with Crippen molar-refractivity contribution in [3.63, 3.8) is 0 Å². The number of Topliss-reactive ketones (excluding diaryl/α,β-unsaturated/α-hetero) is 1. The molecule has 0 spiro atoms. The van der Waals surface area contributed by atoms with Gasteiger partial charge in [-0.05, 0) is 59.7 Å². The van der Waals surface area contributed by atoms with E-state index in [0.29, 0.717) is 77.6 Å². The smallest absolute Gasteiger partial charge is 0.336 e. The largest absolute Gasteiger partial charge is 0.497 e. The summed E-state index contributed by atoms with van der Waals surface area (Å²) in [5, 5.41) is 10.5. The molecule has 11 nitrogen and oxygen atoms in total. The third kappa shape index (κ3) is 6.90. The van der Waals surface area contributed by atoms with Gasteiger partial charge in [-0.25, -0.2) is 4.79 Å². The Kier molecular flexibility index (Phi) is 9.88. The molecule has 1 fully saturated rings. The molecule has 0 radical (unpaired) electrons. The van der Waals surface area contributed by atoms with E-state index in [9.17, 15) is 14.7 Å². The molecule has 2 heterocycles. The topological polar surface area (TPSA) is 122 Å². The van der Waals surface area contributed by atoms with Crippen LogP contribution in [0.5, 0.6) is 34.5 Å². The maximum Gasteiger partial charge on any atom is 0.336 e. The van der Waals surface area contributed by atoms with Crippen LogP contribution < -0.4 is 28.4 Å². The van der Waals surface area contributed by atoms with Gasteiger partial charge in [-0.15, -0.1) is 0 Å². The molecular formula is C33H35NO10. The van der Waals surface area contributed by atoms with Crippen LogP contribution in [0.4, 0.5) is 0 Å². The zero-order valence-corrected chi connectivity index (χ0v) is 24.9. The number of carboxylic acids is 1. The number of carbonyl (C=O) groups is 2. The Balaban J connectivity index is 1.55. The van der Waals surface area contributed by atoms with E-state index in [4.69, 9.17) is 33.2 Å². The van der Waals surface area contributed by atoms with Crippen molar-refractivity contribution in [3.8, 4) is 34.5 Å². The third-order valence-electron chi connectivity index (χ3n) is 7.46. The number of aliphatic carboxylic acids is 1. The molecule has 0 atom stereocenters. The highest BCUT2D eigenvalue weighted by atomic mass is 16.7. The monoisotopic (exact) mass is 605 g/mol. The van der Waals surface area contributed by atoms with Gasteiger partial charge in [0.25, 0.3) is 0 Å². The van der Waals surface area contributed by atoms with Gasteiger partial charge in [0.1, 0.15) is 12.4 Å². The molecule has 232 valence electrons. The van der Waals surface area contributed by atoms with Crippen molar-refractivity contribution < 1.29 is 47.9 Å². The Morgan fingerprint density at radius 1 is 0.841 bits per heavy atom. The molecular weight excluding hydrogens is 570 g/mol. The van der Waals surface area contributed by atoms with Crippen molar-refractivity contribution in [1.29, 1.82) is 0 Å². The quantitative estimate of drug-likeness (QED) is 0.224. The molecule has 0 saturated carbocycles. The van der Waals surface area contributed by atoms with E-state index < -0.39 is 11.8 Å². The van der Waals surface area contributed by atoms with Crippen LogP contribution >= 0.6 is 0 Å². The number of carboxylic acid groups (broad SMARTS) is 1. The maximum atomic E-state index is 14.1. The van der Waals surface area contributed by atoms with E-state index in [-0.39, 0.29) is 24.4 Å². The molecule has 0 aliphatic carbocycles. The van der Waals surface area contributed by atoms with Crippen molar-refractivity contribution in [2.24, 2.45) is 0 Å². The van der Waals surface area contributed by atoms with Crippen molar-refractivity contribution >= 4 is 17.3 Å². The SMILES string of the molecule is COc1ccc(C(=O)/C(Cc2cc(OC)c(OC)c(OCCN3CCOCC3)c2)=C(/C(=O)O)c2ccc3c(c2)OCO3)cc1. The van der Waals surface area contributed by atoms with Gasteiger partial charge in [0.05, 0.1) is 40.1 Å². The van der Waals surface area contributed by atoms with E-state index in [0.717, 1.165) is 13.1 Å². The van der Waals surface area contributed by atoms with Gasteiger partial charge in [0.15, 0.2) is 28.8 Å². The number of allylic oxidation sites excluding steroid dienone is 1. The van der Waals surface area contributed by atoms with Crippen LogP contribution in [0.25, 0.3) is 5.57 Å². The van der Waals surface area contributed by atoms with E-state index in [1.165, 1.54) is 21.3 Å². The fourth-order valence-corrected chi connectivity index (χ4v) is 5.18. The Morgan fingerprint density at radius 2 is 1.55 bits per heavy atom. The molecule has 1 N–H and O–H groups in total. The average molecular weight is 606 g/mol. The molecule has 0 bridgehead atoms. The number of hydrogen-bond donors (Lipinski definition) is 1. The molecule has 1 saturated heterocycles. The number of hydrogen-bond acceptors (Lipinski definition) is 10. The number of ketones is 1. The Bertz CT molecular complexity index is 1530. The summed E-state index contributed by atoms with van der Waals surface area (Å²) in [6.07, 6.45) is -0.0406. The molecule has 5 rings (SSSR count). The number of rotatable bonds is 13. The molecule has 2 aliphatic rings. The standard InChI is InChI=1S/C33H35NO10/c1-38-24-7-4-22(5-8-24)31(35)25(30(33(36)37)23-6-9-26-27(19-23)44-20-43-26)16-21-17-28(39-2)32(40-3)29(18-21)42-15-12-34-10-13-41-14-11-34/h4-9,17-19H,10-16,20H2,1-3H3,(H,36,37)/b30-25+. The number of fused-ring (bicyclic) bond motifs is 1. The summed E-state index contributed by atoms with van der Waals surface area (Å²) in [5.74, 6) is 0.976. The molecule has 0 aromatic heterocycles. The fraction of sp³-hybridized carbons (Fsp3) is 0.333. The zero-order chi connectivity index (χ0) is 31.1. The first-order valence-electron chi connectivity index (χ1n) is 14.1. The van der Waals surface area contributed by atoms with Crippen molar-refractivity contribution in [2.75, 3.05) is 67.6 Å². The van der Waals surface area contributed by atoms with Crippen LogP contribution in [-0.2, 0) is 16.0 Å². The van der Waals surface area contributed by atoms with E-state index in [2.05, 4.69) is 4.90 Å². The molecule has 3 aromatic carbocycles. The maximum absolute atomic E-state index is 14.1. The number of benzene rings is 3. The minimum absolute atomic E-state index is 0.0303. The van der Waals surface area contributed by atoms with Crippen LogP contribution in [0.3, 0.4) is 0 Å². The highest BCUT2D eigenvalue weighted by molar-refractivity contribution is 6.26. The Labute approximate surface area is 255 Å². The van der Waals surface area contributed by atoms with Crippen LogP contribution in [0.1, 0.15) is 21.5 Å². The predicted molar refractivity (Wildman–Crippen MR) is 160 cm³/mol. The summed E-state index contributed by atoms with van der Waals surface area (Å²) in [7, 11) is 4.56. The minimum Gasteiger partial charge on any atom is -0.497 e. The molecule has 11 heteroatoms. The third-order valence-corrected chi connectivity index (χ3v) is 7.46. The minimum atomic E-state index is -1.26. The first kappa shape index (κ1) is 30.7. The Hall–Kier alpha value is -4.74. The first-order valence-corrected chi connectivity index (χ1v) is 14.1. The lowest BCUT2D eigenvalue weighted by molar-refractivity contribution is -0.130. The molecule has 0 amide bonds. The lowest BCUT2D eigenvalue weighted by Gasteiger charge is -2.26. The summed E-state index contributed by atoms with van der Waals surface area (Å²) in [4.78, 5) is 29.2. The summed E-state index contributed by atoms with van der Waals surface area (Å²) in [6, 6.07) is 14.8. The number of ether oxygens (including phenoxy) is 7. The normalized spacial score (nSPS) is 14.9. The number of nitrogens with zero attached hydrogens (tertiary/aromatic N) is 1. The molecule has 3 aromatic rings. The summed E-state index contributed by atoms with van der Waals surface area (Å²) in [6.45, 7) is 4.11. The lowest BCUT2D eigenvalue weighted by atomic mass is 9.89. The van der Waals surface area contributed by atoms with Gasteiger partial charge < -0.3 is 38.3 Å². The van der Waals surface area contributed by atoms with Crippen molar-refractivity contribution in [3.05, 3.63) is 76.9 Å². The zero-order valence-electron chi connectivity index (χ0n) is 24.9. The predicted octanol–water partition coefficient (Wildman–Crippen LogP) is 4.12. The van der Waals surface area contributed by atoms with Crippen LogP contribution in [0.2, 0.25) is 0 Å². The van der Waals surface area contributed by atoms with Crippen LogP contribution in [-0.4, -0.2) is 89.3 Å². The highest BCUT2D eigenvalue weighted by Crippen LogP contribution is 2.40. The summed E-state index contributed by atoms with van der Waals surface area (Å²) < 4.78 is 39.0. The van der Waals surface area contributed by atoms with E-state index in [1.807, 2.05) is 0 Å². The summed E-state index contributed by atoms with van der Waals surface area (Å²) in [5.41, 5.74) is 1.12. The number of carbonyl (C=O) groups excluding carboxylic acids is 1. The van der Waals surface area contributed by atoms with Gasteiger partial charge in [-0.2, -0.15) is 0 Å². The second kappa shape index (κ2) is 14.2. The second-order valence-corrected chi connectivity index (χ2v) is 10.1. The average Bonchev–Trinajstić information content (AvgIpc) is 3.52. The summed E-state index contributed by atoms with van der Waals surface area (Å²) >= 11 is 0. The van der Waals surface area contributed by atoms with Gasteiger partial charge in [-0.3, -0.25) is 9.69 Å². The van der Waals surface area contributed by atoms with Gasteiger partial charge >= 0.3 is 5.97 Å². The Morgan fingerprint density at radius 3 is 2.23 bits per heavy atom. The lowest BCUT2D eigenvalue weighted by Crippen LogP contribution is -2.38. The van der Waals surface area contributed by atoms with E-state index >= 15 is 0 Å². The second-order valence-electron chi connectivity index (χ2n) is 10.1. The highest BCUT2D eigenvalue weighted by Gasteiger charge is 2.27. The van der Waals surface area contributed by atoms with E-state index in [1.54, 1.807) is 54.6 Å². The number of morpholine rings is 1. The first-order chi connectivity index (χ1) is 21.4. The molecule has 2 aliphatic heterocycles. The van der Waals surface area contributed by atoms with Gasteiger partial charge in [0.2, 0.25) is 12.5 Å². The number of methoxy groups -OCH3 is 3. The van der Waals surface area contributed by atoms with Crippen LogP contribution in [0.15, 0.2) is 60.2 Å². The van der Waals surface area contributed by atoms with Crippen molar-refractivity contribution in [1.82, 2.24) is 4.90 Å². The van der Waals surface area contributed by atoms with Gasteiger partial charge in [0, 0.05) is 37.2 Å². The van der Waals surface area contributed by atoms with Crippen molar-refractivity contribution in [2.45, 2.75) is 6.42 Å².